The number of carbonyl (C=O) groups excluding carboxylic acids is 2. The van der Waals surface area contributed by atoms with Crippen molar-refractivity contribution in [2.24, 2.45) is 0 Å². The van der Waals surface area contributed by atoms with Crippen molar-refractivity contribution in [3.63, 3.8) is 0 Å². The van der Waals surface area contributed by atoms with E-state index in [4.69, 9.17) is 10.00 Å². The van der Waals surface area contributed by atoms with Crippen LogP contribution >= 0.6 is 0 Å². The van der Waals surface area contributed by atoms with Gasteiger partial charge in [0.25, 0.3) is 0 Å². The van der Waals surface area contributed by atoms with E-state index in [1.54, 1.807) is 31.2 Å². The van der Waals surface area contributed by atoms with Crippen molar-refractivity contribution in [1.82, 2.24) is 10.6 Å². The number of benzene rings is 2. The van der Waals surface area contributed by atoms with Gasteiger partial charge >= 0.3 is 6.03 Å². The van der Waals surface area contributed by atoms with Gasteiger partial charge in [0.2, 0.25) is 5.91 Å². The predicted octanol–water partition coefficient (Wildman–Crippen LogP) is 4.10. The van der Waals surface area contributed by atoms with Crippen LogP contribution in [-0.4, -0.2) is 24.0 Å². The summed E-state index contributed by atoms with van der Waals surface area (Å²) in [6, 6.07) is 15.8. The number of ether oxygens (including phenoxy) is 1. The van der Waals surface area contributed by atoms with E-state index in [9.17, 15) is 9.59 Å². The first kappa shape index (κ1) is 22.2. The molecule has 0 bridgehead atoms. The molecule has 3 rings (SSSR count). The van der Waals surface area contributed by atoms with Crippen LogP contribution in [0.25, 0.3) is 0 Å². The lowest BCUT2D eigenvalue weighted by Gasteiger charge is -2.23. The topological polar surface area (TPSA) is 103 Å². The molecule has 2 aromatic carbocycles. The first-order chi connectivity index (χ1) is 15.0. The Morgan fingerprint density at radius 1 is 1.13 bits per heavy atom. The Morgan fingerprint density at radius 2 is 1.87 bits per heavy atom. The largest absolute Gasteiger partial charge is 0.489 e. The monoisotopic (exact) mass is 420 g/mol. The summed E-state index contributed by atoms with van der Waals surface area (Å²) in [7, 11) is 0. The standard InChI is InChI=1S/C24H28N4O3/c1-17(23(29)28-24(30)27-20-8-3-2-4-9-20)26-21-10-12-22(13-11-21)31-16-19-7-5-6-18(14-19)15-25/h5-7,10-14,17,20,26H,2-4,8-9,16H2,1H3,(H2,27,28,29,30). The fourth-order valence-electron chi connectivity index (χ4n) is 3.55. The van der Waals surface area contributed by atoms with Gasteiger partial charge < -0.3 is 15.4 Å². The fraction of sp³-hybridized carbons (Fsp3) is 0.375. The van der Waals surface area contributed by atoms with Gasteiger partial charge in [0, 0.05) is 11.7 Å². The van der Waals surface area contributed by atoms with Crippen molar-refractivity contribution in [2.45, 2.75) is 57.7 Å². The fourth-order valence-corrected chi connectivity index (χ4v) is 3.55. The van der Waals surface area contributed by atoms with E-state index in [2.05, 4.69) is 22.0 Å². The number of nitriles is 1. The van der Waals surface area contributed by atoms with E-state index >= 15 is 0 Å². The number of imide groups is 1. The van der Waals surface area contributed by atoms with Gasteiger partial charge in [0.05, 0.1) is 11.6 Å². The highest BCUT2D eigenvalue weighted by atomic mass is 16.5. The first-order valence-corrected chi connectivity index (χ1v) is 10.6. The molecule has 1 aliphatic rings. The van der Waals surface area contributed by atoms with Crippen molar-refractivity contribution >= 4 is 17.6 Å². The molecule has 0 saturated heterocycles. The lowest BCUT2D eigenvalue weighted by atomic mass is 9.96. The highest BCUT2D eigenvalue weighted by molar-refractivity contribution is 5.98. The molecule has 0 heterocycles. The Balaban J connectivity index is 1.44. The zero-order valence-corrected chi connectivity index (χ0v) is 17.7. The molecule has 3 N–H and O–H groups in total. The summed E-state index contributed by atoms with van der Waals surface area (Å²) in [6.45, 7) is 2.06. The number of amides is 3. The third-order valence-electron chi connectivity index (χ3n) is 5.27. The smallest absolute Gasteiger partial charge is 0.321 e. The SMILES string of the molecule is CC(Nc1ccc(OCc2cccc(C#N)c2)cc1)C(=O)NC(=O)NC1CCCCC1. The van der Waals surface area contributed by atoms with E-state index in [0.717, 1.165) is 36.9 Å². The first-order valence-electron chi connectivity index (χ1n) is 10.6. The molecule has 2 aromatic rings. The number of rotatable bonds is 7. The average Bonchev–Trinajstić information content (AvgIpc) is 2.79. The van der Waals surface area contributed by atoms with Crippen LogP contribution in [0.4, 0.5) is 10.5 Å². The lowest BCUT2D eigenvalue weighted by molar-refractivity contribution is -0.120. The number of carbonyl (C=O) groups is 2. The van der Waals surface area contributed by atoms with E-state index in [1.165, 1.54) is 6.42 Å². The third-order valence-corrected chi connectivity index (χ3v) is 5.27. The van der Waals surface area contributed by atoms with Crippen molar-refractivity contribution in [1.29, 1.82) is 5.26 Å². The summed E-state index contributed by atoms with van der Waals surface area (Å²) in [4.78, 5) is 24.3. The second-order valence-electron chi connectivity index (χ2n) is 7.79. The maximum Gasteiger partial charge on any atom is 0.321 e. The Hall–Kier alpha value is -3.53. The van der Waals surface area contributed by atoms with Gasteiger partial charge in [-0.1, -0.05) is 31.4 Å². The number of anilines is 1. The van der Waals surface area contributed by atoms with Gasteiger partial charge in [-0.05, 0) is 61.7 Å². The molecule has 0 aliphatic heterocycles. The van der Waals surface area contributed by atoms with Crippen LogP contribution in [0.3, 0.4) is 0 Å². The highest BCUT2D eigenvalue weighted by Crippen LogP contribution is 2.19. The Kier molecular flexibility index (Phi) is 7.88. The van der Waals surface area contributed by atoms with Crippen LogP contribution in [-0.2, 0) is 11.4 Å². The number of hydrogen-bond acceptors (Lipinski definition) is 5. The van der Waals surface area contributed by atoms with Crippen LogP contribution in [0.15, 0.2) is 48.5 Å². The second kappa shape index (κ2) is 11.0. The minimum absolute atomic E-state index is 0.153. The molecule has 3 amide bonds. The zero-order valence-electron chi connectivity index (χ0n) is 17.7. The van der Waals surface area contributed by atoms with Crippen molar-refractivity contribution < 1.29 is 14.3 Å². The summed E-state index contributed by atoms with van der Waals surface area (Å²) in [6.07, 6.45) is 5.37. The summed E-state index contributed by atoms with van der Waals surface area (Å²) in [5.41, 5.74) is 2.26. The molecule has 1 saturated carbocycles. The number of hydrogen-bond donors (Lipinski definition) is 3. The highest BCUT2D eigenvalue weighted by Gasteiger charge is 2.19. The van der Waals surface area contributed by atoms with Gasteiger partial charge in [-0.15, -0.1) is 0 Å². The van der Waals surface area contributed by atoms with Crippen LogP contribution in [0, 0.1) is 11.3 Å². The molecule has 7 nitrogen and oxygen atoms in total. The zero-order chi connectivity index (χ0) is 22.1. The summed E-state index contributed by atoms with van der Waals surface area (Å²) < 4.78 is 5.75. The van der Waals surface area contributed by atoms with Gasteiger partial charge in [0.15, 0.2) is 0 Å². The molecule has 1 fully saturated rings. The minimum Gasteiger partial charge on any atom is -0.489 e. The molecule has 0 radical (unpaired) electrons. The Labute approximate surface area is 182 Å². The van der Waals surface area contributed by atoms with E-state index in [1.807, 2.05) is 24.3 Å². The Morgan fingerprint density at radius 3 is 2.58 bits per heavy atom. The maximum atomic E-state index is 12.3. The van der Waals surface area contributed by atoms with E-state index in [-0.39, 0.29) is 11.9 Å². The molecule has 1 atom stereocenters. The summed E-state index contributed by atoms with van der Waals surface area (Å²) in [5.74, 6) is 0.294. The average molecular weight is 421 g/mol. The van der Waals surface area contributed by atoms with Gasteiger partial charge in [-0.2, -0.15) is 5.26 Å². The molecule has 31 heavy (non-hydrogen) atoms. The van der Waals surface area contributed by atoms with Crippen LogP contribution in [0.1, 0.15) is 50.2 Å². The molecular formula is C24H28N4O3. The summed E-state index contributed by atoms with van der Waals surface area (Å²) in [5, 5.41) is 17.3. The number of urea groups is 1. The second-order valence-corrected chi connectivity index (χ2v) is 7.79. The van der Waals surface area contributed by atoms with Gasteiger partial charge in [-0.25, -0.2) is 4.79 Å². The predicted molar refractivity (Wildman–Crippen MR) is 119 cm³/mol. The molecule has 0 spiro atoms. The molecular weight excluding hydrogens is 392 g/mol. The number of nitrogens with zero attached hydrogens (tertiary/aromatic N) is 1. The molecule has 0 aromatic heterocycles. The lowest BCUT2D eigenvalue weighted by Crippen LogP contribution is -2.49. The third kappa shape index (κ3) is 7.03. The quantitative estimate of drug-likeness (QED) is 0.626. The van der Waals surface area contributed by atoms with E-state index < -0.39 is 12.1 Å². The molecule has 162 valence electrons. The van der Waals surface area contributed by atoms with Gasteiger partial charge in [0.1, 0.15) is 18.4 Å². The van der Waals surface area contributed by atoms with Crippen molar-refractivity contribution in [3.05, 3.63) is 59.7 Å². The molecule has 1 unspecified atom stereocenters. The van der Waals surface area contributed by atoms with Crippen LogP contribution in [0.5, 0.6) is 5.75 Å². The normalized spacial score (nSPS) is 14.7. The maximum absolute atomic E-state index is 12.3. The summed E-state index contributed by atoms with van der Waals surface area (Å²) >= 11 is 0. The van der Waals surface area contributed by atoms with Crippen molar-refractivity contribution in [2.75, 3.05) is 5.32 Å². The van der Waals surface area contributed by atoms with Crippen LogP contribution in [0.2, 0.25) is 0 Å². The van der Waals surface area contributed by atoms with E-state index in [0.29, 0.717) is 17.9 Å². The van der Waals surface area contributed by atoms with Gasteiger partial charge in [-0.3, -0.25) is 10.1 Å². The van der Waals surface area contributed by atoms with Crippen LogP contribution < -0.4 is 20.7 Å². The minimum atomic E-state index is -0.572. The number of nitrogens with one attached hydrogen (secondary N) is 3. The molecule has 7 heteroatoms. The molecule has 1 aliphatic carbocycles. The van der Waals surface area contributed by atoms with Crippen molar-refractivity contribution in [3.8, 4) is 11.8 Å². The Bertz CT molecular complexity index is 931.